The first-order chi connectivity index (χ1) is 13.2. The van der Waals surface area contributed by atoms with Crippen LogP contribution >= 0.6 is 0 Å². The SMILES string of the molecule is CN=C(NCc1ccc(OC)c(OC)c1OC)N1CCC2(CCCCC2)C1. The molecule has 0 unspecified atom stereocenters. The molecule has 1 spiro atoms. The lowest BCUT2D eigenvalue weighted by Crippen LogP contribution is -2.41. The first-order valence-electron chi connectivity index (χ1n) is 9.90. The number of likely N-dealkylation sites (tertiary alicyclic amines) is 1. The normalized spacial score (nSPS) is 19.3. The van der Waals surface area contributed by atoms with Crippen LogP contribution in [0, 0.1) is 5.41 Å². The summed E-state index contributed by atoms with van der Waals surface area (Å²) in [5.74, 6) is 2.96. The molecule has 3 rings (SSSR count). The van der Waals surface area contributed by atoms with Crippen LogP contribution in [0.25, 0.3) is 0 Å². The molecule has 1 aliphatic heterocycles. The maximum Gasteiger partial charge on any atom is 0.203 e. The molecule has 0 bridgehead atoms. The van der Waals surface area contributed by atoms with Gasteiger partial charge in [-0.3, -0.25) is 4.99 Å². The molecular formula is C21H33N3O3. The highest BCUT2D eigenvalue weighted by molar-refractivity contribution is 5.80. The van der Waals surface area contributed by atoms with Crippen LogP contribution in [0.4, 0.5) is 0 Å². The number of hydrogen-bond donors (Lipinski definition) is 1. The maximum absolute atomic E-state index is 5.59. The van der Waals surface area contributed by atoms with Gasteiger partial charge in [0.15, 0.2) is 17.5 Å². The van der Waals surface area contributed by atoms with Crippen LogP contribution in [-0.4, -0.2) is 52.3 Å². The third kappa shape index (κ3) is 4.09. The summed E-state index contributed by atoms with van der Waals surface area (Å²) in [5.41, 5.74) is 1.53. The van der Waals surface area contributed by atoms with Crippen LogP contribution in [0.2, 0.25) is 0 Å². The van der Waals surface area contributed by atoms with Crippen LogP contribution in [-0.2, 0) is 6.54 Å². The standard InChI is InChI=1S/C21H33N3O3/c1-22-20(24-13-12-21(15-24)10-6-5-7-11-21)23-14-16-8-9-17(25-2)19(27-4)18(16)26-3/h8-9H,5-7,10-15H2,1-4H3,(H,22,23). The van der Waals surface area contributed by atoms with Gasteiger partial charge in [-0.2, -0.15) is 0 Å². The molecule has 0 radical (unpaired) electrons. The molecule has 150 valence electrons. The minimum absolute atomic E-state index is 0.511. The molecule has 6 heteroatoms. The van der Waals surface area contributed by atoms with Crippen molar-refractivity contribution in [3.05, 3.63) is 17.7 Å². The molecular weight excluding hydrogens is 342 g/mol. The van der Waals surface area contributed by atoms with Crippen molar-refractivity contribution in [2.24, 2.45) is 10.4 Å². The van der Waals surface area contributed by atoms with Crippen LogP contribution in [0.5, 0.6) is 17.2 Å². The van der Waals surface area contributed by atoms with Crippen molar-refractivity contribution in [1.29, 1.82) is 0 Å². The number of methoxy groups -OCH3 is 3. The summed E-state index contributed by atoms with van der Waals surface area (Å²) in [4.78, 5) is 6.94. The highest BCUT2D eigenvalue weighted by atomic mass is 16.5. The molecule has 0 aromatic heterocycles. The maximum atomic E-state index is 5.59. The van der Waals surface area contributed by atoms with Crippen LogP contribution < -0.4 is 19.5 Å². The Morgan fingerprint density at radius 2 is 1.78 bits per heavy atom. The Morgan fingerprint density at radius 3 is 2.41 bits per heavy atom. The van der Waals surface area contributed by atoms with E-state index in [1.165, 1.54) is 38.5 Å². The number of benzene rings is 1. The molecule has 1 saturated heterocycles. The predicted molar refractivity (Wildman–Crippen MR) is 108 cm³/mol. The number of ether oxygens (including phenoxy) is 3. The largest absolute Gasteiger partial charge is 0.493 e. The summed E-state index contributed by atoms with van der Waals surface area (Å²) in [6, 6.07) is 3.92. The van der Waals surface area contributed by atoms with E-state index in [2.05, 4.69) is 15.2 Å². The second kappa shape index (κ2) is 8.72. The number of guanidine groups is 1. The molecule has 2 aliphatic rings. The first kappa shape index (κ1) is 19.6. The molecule has 1 heterocycles. The lowest BCUT2D eigenvalue weighted by molar-refractivity contribution is 0.203. The van der Waals surface area contributed by atoms with Crippen LogP contribution in [0.15, 0.2) is 17.1 Å². The Hall–Kier alpha value is -2.11. The van der Waals surface area contributed by atoms with E-state index in [1.807, 2.05) is 19.2 Å². The van der Waals surface area contributed by atoms with E-state index in [0.29, 0.717) is 29.2 Å². The molecule has 0 atom stereocenters. The Kier molecular flexibility index (Phi) is 6.34. The number of aliphatic imine (C=N–C) groups is 1. The Bertz CT molecular complexity index is 669. The van der Waals surface area contributed by atoms with Gasteiger partial charge < -0.3 is 24.4 Å². The van der Waals surface area contributed by atoms with Crippen molar-refractivity contribution in [3.63, 3.8) is 0 Å². The fraction of sp³-hybridized carbons (Fsp3) is 0.667. The van der Waals surface area contributed by atoms with Gasteiger partial charge in [0.1, 0.15) is 0 Å². The minimum atomic E-state index is 0.511. The molecule has 6 nitrogen and oxygen atoms in total. The molecule has 2 fully saturated rings. The van der Waals surface area contributed by atoms with Gasteiger partial charge in [-0.25, -0.2) is 0 Å². The van der Waals surface area contributed by atoms with Crippen molar-refractivity contribution in [2.75, 3.05) is 41.5 Å². The summed E-state index contributed by atoms with van der Waals surface area (Å²) in [5, 5.41) is 3.51. The fourth-order valence-corrected chi connectivity index (χ4v) is 4.63. The zero-order valence-corrected chi connectivity index (χ0v) is 17.1. The van der Waals surface area contributed by atoms with Gasteiger partial charge in [0.05, 0.1) is 21.3 Å². The predicted octanol–water partition coefficient (Wildman–Crippen LogP) is 3.44. The highest BCUT2D eigenvalue weighted by Gasteiger charge is 2.39. The lowest BCUT2D eigenvalue weighted by Gasteiger charge is -2.33. The third-order valence-electron chi connectivity index (χ3n) is 6.09. The highest BCUT2D eigenvalue weighted by Crippen LogP contribution is 2.44. The summed E-state index contributed by atoms with van der Waals surface area (Å²) >= 11 is 0. The molecule has 1 saturated carbocycles. The monoisotopic (exact) mass is 375 g/mol. The van der Waals surface area contributed by atoms with Crippen molar-refractivity contribution < 1.29 is 14.2 Å². The average molecular weight is 376 g/mol. The molecule has 27 heavy (non-hydrogen) atoms. The zero-order chi connectivity index (χ0) is 19.3. The Labute approximate surface area is 162 Å². The van der Waals surface area contributed by atoms with Crippen LogP contribution in [0.1, 0.15) is 44.1 Å². The minimum Gasteiger partial charge on any atom is -0.493 e. The van der Waals surface area contributed by atoms with Gasteiger partial charge in [0.25, 0.3) is 0 Å². The summed E-state index contributed by atoms with van der Waals surface area (Å²) < 4.78 is 16.4. The number of nitrogens with zero attached hydrogens (tertiary/aromatic N) is 2. The summed E-state index contributed by atoms with van der Waals surface area (Å²) in [6.07, 6.45) is 8.17. The van der Waals surface area contributed by atoms with Crippen molar-refractivity contribution in [1.82, 2.24) is 10.2 Å². The van der Waals surface area contributed by atoms with Gasteiger partial charge in [0.2, 0.25) is 5.75 Å². The molecule has 1 N–H and O–H groups in total. The average Bonchev–Trinajstić information content (AvgIpc) is 3.11. The van der Waals surface area contributed by atoms with Gasteiger partial charge in [-0.1, -0.05) is 19.3 Å². The van der Waals surface area contributed by atoms with E-state index in [4.69, 9.17) is 14.2 Å². The molecule has 1 aliphatic carbocycles. The topological polar surface area (TPSA) is 55.3 Å². The van der Waals surface area contributed by atoms with E-state index >= 15 is 0 Å². The van der Waals surface area contributed by atoms with E-state index in [-0.39, 0.29) is 0 Å². The quantitative estimate of drug-likeness (QED) is 0.631. The van der Waals surface area contributed by atoms with Crippen molar-refractivity contribution in [3.8, 4) is 17.2 Å². The number of rotatable bonds is 5. The second-order valence-electron chi connectivity index (χ2n) is 7.63. The van der Waals surface area contributed by atoms with E-state index in [9.17, 15) is 0 Å². The number of hydrogen-bond acceptors (Lipinski definition) is 4. The Balaban J connectivity index is 1.68. The van der Waals surface area contributed by atoms with Crippen LogP contribution in [0.3, 0.4) is 0 Å². The zero-order valence-electron chi connectivity index (χ0n) is 17.1. The fourth-order valence-electron chi connectivity index (χ4n) is 4.63. The second-order valence-corrected chi connectivity index (χ2v) is 7.63. The van der Waals surface area contributed by atoms with E-state index in [0.717, 1.165) is 24.6 Å². The van der Waals surface area contributed by atoms with Crippen molar-refractivity contribution >= 4 is 5.96 Å². The van der Waals surface area contributed by atoms with Gasteiger partial charge in [0, 0.05) is 32.2 Å². The summed E-state index contributed by atoms with van der Waals surface area (Å²) in [7, 11) is 6.78. The van der Waals surface area contributed by atoms with E-state index < -0.39 is 0 Å². The third-order valence-corrected chi connectivity index (χ3v) is 6.09. The van der Waals surface area contributed by atoms with E-state index in [1.54, 1.807) is 21.3 Å². The van der Waals surface area contributed by atoms with Gasteiger partial charge >= 0.3 is 0 Å². The molecule has 1 aromatic rings. The molecule has 1 aromatic carbocycles. The lowest BCUT2D eigenvalue weighted by atomic mass is 9.73. The first-order valence-corrected chi connectivity index (χ1v) is 9.90. The summed E-state index contributed by atoms with van der Waals surface area (Å²) in [6.45, 7) is 2.83. The number of nitrogens with one attached hydrogen (secondary N) is 1. The Morgan fingerprint density at radius 1 is 1.04 bits per heavy atom. The van der Waals surface area contributed by atoms with Gasteiger partial charge in [-0.05, 0) is 36.8 Å². The smallest absolute Gasteiger partial charge is 0.203 e. The molecule has 0 amide bonds. The van der Waals surface area contributed by atoms with Gasteiger partial charge in [-0.15, -0.1) is 0 Å². The van der Waals surface area contributed by atoms with Crippen molar-refractivity contribution in [2.45, 2.75) is 45.1 Å².